The standard InChI is InChI=1S/C15H30N2O/c1-12-5-3-4-6-15(12)17-9-7-14(8-10-17)16-11-13(2)18/h12-16,18H,3-11H2,1-2H3. The van der Waals surface area contributed by atoms with Gasteiger partial charge in [0.05, 0.1) is 6.10 Å². The van der Waals surface area contributed by atoms with Crippen molar-refractivity contribution < 1.29 is 5.11 Å². The maximum Gasteiger partial charge on any atom is 0.0636 e. The Balaban J connectivity index is 1.72. The van der Waals surface area contributed by atoms with E-state index < -0.39 is 0 Å². The molecule has 0 aromatic heterocycles. The maximum absolute atomic E-state index is 9.30. The molecule has 3 atom stereocenters. The van der Waals surface area contributed by atoms with Crippen LogP contribution in [0.25, 0.3) is 0 Å². The normalized spacial score (nSPS) is 33.5. The van der Waals surface area contributed by atoms with Crippen LogP contribution in [-0.4, -0.2) is 47.8 Å². The Labute approximate surface area is 112 Å². The van der Waals surface area contributed by atoms with E-state index in [4.69, 9.17) is 0 Å². The van der Waals surface area contributed by atoms with E-state index in [-0.39, 0.29) is 6.10 Å². The number of hydrogen-bond donors (Lipinski definition) is 2. The van der Waals surface area contributed by atoms with Crippen molar-refractivity contribution >= 4 is 0 Å². The average Bonchev–Trinajstić information content (AvgIpc) is 2.38. The predicted octanol–water partition coefficient (Wildman–Crippen LogP) is 2.00. The number of likely N-dealkylation sites (tertiary alicyclic amines) is 1. The number of aliphatic hydroxyl groups excluding tert-OH is 1. The minimum atomic E-state index is -0.221. The molecule has 0 spiro atoms. The number of nitrogens with one attached hydrogen (secondary N) is 1. The molecule has 106 valence electrons. The molecule has 0 bridgehead atoms. The van der Waals surface area contributed by atoms with Crippen molar-refractivity contribution in [2.24, 2.45) is 5.92 Å². The Bertz CT molecular complexity index is 237. The molecule has 1 saturated heterocycles. The van der Waals surface area contributed by atoms with Gasteiger partial charge in [0.15, 0.2) is 0 Å². The van der Waals surface area contributed by atoms with Crippen LogP contribution in [0.2, 0.25) is 0 Å². The van der Waals surface area contributed by atoms with Crippen LogP contribution in [0.5, 0.6) is 0 Å². The Hall–Kier alpha value is -0.120. The zero-order valence-electron chi connectivity index (χ0n) is 12.1. The lowest BCUT2D eigenvalue weighted by Gasteiger charge is -2.42. The minimum absolute atomic E-state index is 0.221. The van der Waals surface area contributed by atoms with Gasteiger partial charge in [0.1, 0.15) is 0 Å². The first-order valence-electron chi connectivity index (χ1n) is 7.82. The summed E-state index contributed by atoms with van der Waals surface area (Å²) in [4.78, 5) is 2.73. The first-order valence-corrected chi connectivity index (χ1v) is 7.82. The third-order valence-electron chi connectivity index (χ3n) is 4.77. The lowest BCUT2D eigenvalue weighted by atomic mass is 9.84. The Morgan fingerprint density at radius 2 is 1.83 bits per heavy atom. The molecule has 2 rings (SSSR count). The first kappa shape index (κ1) is 14.3. The predicted molar refractivity (Wildman–Crippen MR) is 75.7 cm³/mol. The zero-order chi connectivity index (χ0) is 13.0. The van der Waals surface area contributed by atoms with Crippen LogP contribution in [-0.2, 0) is 0 Å². The van der Waals surface area contributed by atoms with Gasteiger partial charge in [-0.05, 0) is 51.6 Å². The highest BCUT2D eigenvalue weighted by Gasteiger charge is 2.29. The molecule has 0 aromatic carbocycles. The van der Waals surface area contributed by atoms with E-state index >= 15 is 0 Å². The van der Waals surface area contributed by atoms with Crippen LogP contribution in [0, 0.1) is 5.92 Å². The molecule has 0 aromatic rings. The smallest absolute Gasteiger partial charge is 0.0636 e. The summed E-state index contributed by atoms with van der Waals surface area (Å²) in [5.41, 5.74) is 0. The molecule has 18 heavy (non-hydrogen) atoms. The van der Waals surface area contributed by atoms with Crippen molar-refractivity contribution in [3.05, 3.63) is 0 Å². The van der Waals surface area contributed by atoms with E-state index in [1.54, 1.807) is 0 Å². The van der Waals surface area contributed by atoms with Gasteiger partial charge in [-0.25, -0.2) is 0 Å². The van der Waals surface area contributed by atoms with Crippen molar-refractivity contribution in [2.75, 3.05) is 19.6 Å². The molecule has 3 heteroatoms. The molecule has 1 aliphatic heterocycles. The fraction of sp³-hybridized carbons (Fsp3) is 1.00. The molecule has 0 radical (unpaired) electrons. The van der Waals surface area contributed by atoms with Gasteiger partial charge in [-0.2, -0.15) is 0 Å². The van der Waals surface area contributed by atoms with Crippen molar-refractivity contribution in [1.82, 2.24) is 10.2 Å². The molecule has 3 nitrogen and oxygen atoms in total. The third-order valence-corrected chi connectivity index (χ3v) is 4.77. The van der Waals surface area contributed by atoms with Crippen LogP contribution < -0.4 is 5.32 Å². The number of piperidine rings is 1. The van der Waals surface area contributed by atoms with E-state index in [0.29, 0.717) is 6.04 Å². The minimum Gasteiger partial charge on any atom is -0.392 e. The quantitative estimate of drug-likeness (QED) is 0.805. The van der Waals surface area contributed by atoms with E-state index in [2.05, 4.69) is 17.1 Å². The zero-order valence-corrected chi connectivity index (χ0v) is 12.1. The second-order valence-electron chi connectivity index (χ2n) is 6.40. The van der Waals surface area contributed by atoms with Crippen molar-refractivity contribution in [1.29, 1.82) is 0 Å². The molecule has 1 heterocycles. The van der Waals surface area contributed by atoms with Gasteiger partial charge in [-0.15, -0.1) is 0 Å². The third kappa shape index (κ3) is 3.94. The summed E-state index contributed by atoms with van der Waals surface area (Å²) in [6.45, 7) is 7.51. The molecule has 2 N–H and O–H groups in total. The molecular weight excluding hydrogens is 224 g/mol. The van der Waals surface area contributed by atoms with E-state index in [1.165, 1.54) is 51.6 Å². The van der Waals surface area contributed by atoms with Gasteiger partial charge in [-0.3, -0.25) is 0 Å². The SMILES string of the molecule is CC(O)CNC1CCN(C2CCCCC2C)CC1. The monoisotopic (exact) mass is 254 g/mol. The van der Waals surface area contributed by atoms with E-state index in [9.17, 15) is 5.11 Å². The molecule has 1 saturated carbocycles. The topological polar surface area (TPSA) is 35.5 Å². The molecule has 2 fully saturated rings. The number of rotatable bonds is 4. The second kappa shape index (κ2) is 6.88. The van der Waals surface area contributed by atoms with Gasteiger partial charge in [0.25, 0.3) is 0 Å². The fourth-order valence-corrected chi connectivity index (χ4v) is 3.61. The lowest BCUT2D eigenvalue weighted by molar-refractivity contribution is 0.0787. The summed E-state index contributed by atoms with van der Waals surface area (Å²) >= 11 is 0. The summed E-state index contributed by atoms with van der Waals surface area (Å²) in [7, 11) is 0. The molecule has 3 unspecified atom stereocenters. The van der Waals surface area contributed by atoms with Crippen LogP contribution in [0.4, 0.5) is 0 Å². The first-order chi connectivity index (χ1) is 8.66. The summed E-state index contributed by atoms with van der Waals surface area (Å²) in [6.07, 6.45) is 7.96. The van der Waals surface area contributed by atoms with E-state index in [1.807, 2.05) is 6.92 Å². The fourth-order valence-electron chi connectivity index (χ4n) is 3.61. The van der Waals surface area contributed by atoms with Crippen LogP contribution >= 0.6 is 0 Å². The second-order valence-corrected chi connectivity index (χ2v) is 6.40. The largest absolute Gasteiger partial charge is 0.392 e. The molecule has 2 aliphatic rings. The van der Waals surface area contributed by atoms with Crippen LogP contribution in [0.3, 0.4) is 0 Å². The van der Waals surface area contributed by atoms with Gasteiger partial charge >= 0.3 is 0 Å². The molecule has 1 aliphatic carbocycles. The van der Waals surface area contributed by atoms with Gasteiger partial charge < -0.3 is 15.3 Å². The summed E-state index contributed by atoms with van der Waals surface area (Å²) in [5, 5.41) is 12.8. The summed E-state index contributed by atoms with van der Waals surface area (Å²) in [6, 6.07) is 1.46. The maximum atomic E-state index is 9.30. The highest BCUT2D eigenvalue weighted by Crippen LogP contribution is 2.29. The number of aliphatic hydroxyl groups is 1. The number of nitrogens with zero attached hydrogens (tertiary/aromatic N) is 1. The summed E-state index contributed by atoms with van der Waals surface area (Å²) < 4.78 is 0. The molecular formula is C15H30N2O. The van der Waals surface area contributed by atoms with Crippen LogP contribution in [0.15, 0.2) is 0 Å². The Morgan fingerprint density at radius 3 is 2.44 bits per heavy atom. The Morgan fingerprint density at radius 1 is 1.17 bits per heavy atom. The lowest BCUT2D eigenvalue weighted by Crippen LogP contribution is -2.50. The summed E-state index contributed by atoms with van der Waals surface area (Å²) in [5.74, 6) is 0.890. The van der Waals surface area contributed by atoms with Gasteiger partial charge in [-0.1, -0.05) is 19.8 Å². The van der Waals surface area contributed by atoms with Crippen LogP contribution in [0.1, 0.15) is 52.4 Å². The van der Waals surface area contributed by atoms with Gasteiger partial charge in [0, 0.05) is 18.6 Å². The molecule has 0 amide bonds. The highest BCUT2D eigenvalue weighted by atomic mass is 16.3. The van der Waals surface area contributed by atoms with Crippen molar-refractivity contribution in [3.8, 4) is 0 Å². The van der Waals surface area contributed by atoms with Crippen molar-refractivity contribution in [3.63, 3.8) is 0 Å². The van der Waals surface area contributed by atoms with Gasteiger partial charge in [0.2, 0.25) is 0 Å². The number of hydrogen-bond acceptors (Lipinski definition) is 3. The van der Waals surface area contributed by atoms with Crippen molar-refractivity contribution in [2.45, 2.75) is 70.6 Å². The van der Waals surface area contributed by atoms with E-state index in [0.717, 1.165) is 18.5 Å². The Kier molecular flexibility index (Phi) is 5.46. The highest BCUT2D eigenvalue weighted by molar-refractivity contribution is 4.86. The average molecular weight is 254 g/mol.